The summed E-state index contributed by atoms with van der Waals surface area (Å²) in [7, 11) is 5.87. The zero-order valence-corrected chi connectivity index (χ0v) is 16.4. The number of hydrogen-bond acceptors (Lipinski definition) is 5. The molecule has 130 valence electrons. The zero-order chi connectivity index (χ0) is 18.0. The van der Waals surface area contributed by atoms with Gasteiger partial charge in [0.15, 0.2) is 0 Å². The fourth-order valence-electron chi connectivity index (χ4n) is 2.52. The van der Waals surface area contributed by atoms with Gasteiger partial charge in [-0.05, 0) is 36.1 Å². The molecule has 2 aromatic heterocycles. The van der Waals surface area contributed by atoms with E-state index in [-0.39, 0.29) is 5.91 Å². The normalized spacial score (nSPS) is 10.7. The second-order valence-electron chi connectivity index (χ2n) is 6.17. The summed E-state index contributed by atoms with van der Waals surface area (Å²) >= 11 is 3.11. The van der Waals surface area contributed by atoms with Gasteiger partial charge in [0.1, 0.15) is 9.88 Å². The van der Waals surface area contributed by atoms with E-state index in [4.69, 9.17) is 0 Å². The molecule has 6 heteroatoms. The Labute approximate surface area is 156 Å². The fourth-order valence-corrected chi connectivity index (χ4v) is 4.30. The maximum atomic E-state index is 12.8. The van der Waals surface area contributed by atoms with Crippen molar-refractivity contribution in [2.45, 2.75) is 13.5 Å². The quantitative estimate of drug-likeness (QED) is 0.662. The number of carbonyl (C=O) groups excluding carboxylic acids is 1. The van der Waals surface area contributed by atoms with Gasteiger partial charge in [-0.1, -0.05) is 12.1 Å². The average molecular weight is 372 g/mol. The summed E-state index contributed by atoms with van der Waals surface area (Å²) in [5.74, 6) is 0.0214. The van der Waals surface area contributed by atoms with Crippen molar-refractivity contribution < 1.29 is 4.79 Å². The van der Waals surface area contributed by atoms with Gasteiger partial charge in [0.05, 0.1) is 5.69 Å². The predicted molar refractivity (Wildman–Crippen MR) is 107 cm³/mol. The lowest BCUT2D eigenvalue weighted by Crippen LogP contribution is -2.26. The average Bonchev–Trinajstić information content (AvgIpc) is 3.24. The van der Waals surface area contributed by atoms with Crippen LogP contribution >= 0.6 is 22.7 Å². The van der Waals surface area contributed by atoms with Crippen molar-refractivity contribution >= 4 is 34.3 Å². The van der Waals surface area contributed by atoms with Gasteiger partial charge in [0.2, 0.25) is 0 Å². The van der Waals surface area contributed by atoms with E-state index in [2.05, 4.69) is 39.5 Å². The monoisotopic (exact) mass is 371 g/mol. The molecule has 0 atom stereocenters. The van der Waals surface area contributed by atoms with E-state index >= 15 is 0 Å². The Kier molecular flexibility index (Phi) is 5.20. The van der Waals surface area contributed by atoms with Gasteiger partial charge in [-0.15, -0.1) is 11.3 Å². The number of hydrogen-bond donors (Lipinski definition) is 0. The molecule has 0 aliphatic heterocycles. The highest BCUT2D eigenvalue weighted by Gasteiger charge is 2.20. The van der Waals surface area contributed by atoms with Crippen molar-refractivity contribution in [3.8, 4) is 10.6 Å². The Bertz CT molecular complexity index is 851. The smallest absolute Gasteiger partial charge is 0.265 e. The Morgan fingerprint density at radius 3 is 2.44 bits per heavy atom. The summed E-state index contributed by atoms with van der Waals surface area (Å²) in [5.41, 5.74) is 4.14. The standard InChI is InChI=1S/C19H21N3OS2/c1-13-17(25-18(20-13)15-9-10-24-12-15)19(23)22(4)11-14-5-7-16(8-6-14)21(2)3/h5-10,12H,11H2,1-4H3. The molecule has 0 fully saturated rings. The van der Waals surface area contributed by atoms with Crippen LogP contribution in [-0.4, -0.2) is 36.9 Å². The molecule has 2 heterocycles. The number of anilines is 1. The lowest BCUT2D eigenvalue weighted by atomic mass is 10.2. The third kappa shape index (κ3) is 3.91. The van der Waals surface area contributed by atoms with Crippen molar-refractivity contribution in [2.75, 3.05) is 26.0 Å². The zero-order valence-electron chi connectivity index (χ0n) is 14.8. The first kappa shape index (κ1) is 17.6. The highest BCUT2D eigenvalue weighted by Crippen LogP contribution is 2.30. The molecule has 0 aliphatic carbocycles. The third-order valence-corrected chi connectivity index (χ3v) is 5.86. The molecule has 0 bridgehead atoms. The molecule has 0 spiro atoms. The number of carbonyl (C=O) groups is 1. The van der Waals surface area contributed by atoms with E-state index in [0.29, 0.717) is 11.4 Å². The SMILES string of the molecule is Cc1nc(-c2ccsc2)sc1C(=O)N(C)Cc1ccc(N(C)C)cc1. The van der Waals surface area contributed by atoms with Crippen LogP contribution in [0.5, 0.6) is 0 Å². The van der Waals surface area contributed by atoms with Crippen molar-refractivity contribution in [2.24, 2.45) is 0 Å². The van der Waals surface area contributed by atoms with Crippen LogP contribution in [0.4, 0.5) is 5.69 Å². The summed E-state index contributed by atoms with van der Waals surface area (Å²) in [4.78, 5) is 21.9. The van der Waals surface area contributed by atoms with E-state index in [1.165, 1.54) is 11.3 Å². The molecule has 4 nitrogen and oxygen atoms in total. The molecule has 1 aromatic carbocycles. The maximum Gasteiger partial charge on any atom is 0.265 e. The molecule has 0 saturated carbocycles. The molecule has 25 heavy (non-hydrogen) atoms. The summed E-state index contributed by atoms with van der Waals surface area (Å²) in [6.45, 7) is 2.48. The summed E-state index contributed by atoms with van der Waals surface area (Å²) in [5, 5.41) is 4.99. The molecular formula is C19H21N3OS2. The number of thiazole rings is 1. The van der Waals surface area contributed by atoms with Gasteiger partial charge >= 0.3 is 0 Å². The number of thiophene rings is 1. The number of rotatable bonds is 5. The van der Waals surface area contributed by atoms with E-state index < -0.39 is 0 Å². The predicted octanol–water partition coefficient (Wildman–Crippen LogP) is 4.52. The lowest BCUT2D eigenvalue weighted by Gasteiger charge is -2.18. The Morgan fingerprint density at radius 2 is 1.84 bits per heavy atom. The second kappa shape index (κ2) is 7.37. The van der Waals surface area contributed by atoms with Crippen LogP contribution in [0.15, 0.2) is 41.1 Å². The summed E-state index contributed by atoms with van der Waals surface area (Å²) < 4.78 is 0. The minimum Gasteiger partial charge on any atom is -0.378 e. The van der Waals surface area contributed by atoms with Crippen molar-refractivity contribution in [1.82, 2.24) is 9.88 Å². The third-order valence-electron chi connectivity index (χ3n) is 3.98. The molecule has 3 aromatic rings. The largest absolute Gasteiger partial charge is 0.378 e. The van der Waals surface area contributed by atoms with Crippen molar-refractivity contribution in [3.05, 3.63) is 57.2 Å². The van der Waals surface area contributed by atoms with E-state index in [1.54, 1.807) is 16.2 Å². The van der Waals surface area contributed by atoms with Crippen LogP contribution in [-0.2, 0) is 6.54 Å². The second-order valence-corrected chi connectivity index (χ2v) is 7.95. The molecule has 3 rings (SSSR count). The van der Waals surface area contributed by atoms with E-state index in [1.807, 2.05) is 39.5 Å². The van der Waals surface area contributed by atoms with Crippen LogP contribution in [0, 0.1) is 6.92 Å². The first-order valence-electron chi connectivity index (χ1n) is 7.97. The molecule has 0 aliphatic rings. The van der Waals surface area contributed by atoms with Gasteiger partial charge in [0.25, 0.3) is 5.91 Å². The van der Waals surface area contributed by atoms with Gasteiger partial charge in [0, 0.05) is 44.3 Å². The lowest BCUT2D eigenvalue weighted by molar-refractivity contribution is 0.0789. The van der Waals surface area contributed by atoms with Crippen LogP contribution in [0.1, 0.15) is 20.9 Å². The topological polar surface area (TPSA) is 36.4 Å². The van der Waals surface area contributed by atoms with Crippen LogP contribution in [0.3, 0.4) is 0 Å². The summed E-state index contributed by atoms with van der Waals surface area (Å²) in [6, 6.07) is 10.3. The number of nitrogens with zero attached hydrogens (tertiary/aromatic N) is 3. The Balaban J connectivity index is 1.74. The van der Waals surface area contributed by atoms with Gasteiger partial charge in [-0.25, -0.2) is 4.98 Å². The molecule has 0 N–H and O–H groups in total. The number of benzene rings is 1. The molecule has 0 unspecified atom stereocenters. The van der Waals surface area contributed by atoms with Crippen LogP contribution < -0.4 is 4.90 Å². The number of amides is 1. The van der Waals surface area contributed by atoms with Crippen LogP contribution in [0.2, 0.25) is 0 Å². The maximum absolute atomic E-state index is 12.8. The first-order chi connectivity index (χ1) is 12.0. The number of aryl methyl sites for hydroxylation is 1. The van der Waals surface area contributed by atoms with Crippen molar-refractivity contribution in [3.63, 3.8) is 0 Å². The van der Waals surface area contributed by atoms with Crippen molar-refractivity contribution in [1.29, 1.82) is 0 Å². The number of aromatic nitrogens is 1. The Morgan fingerprint density at radius 1 is 1.12 bits per heavy atom. The fraction of sp³-hybridized carbons (Fsp3) is 0.263. The minimum absolute atomic E-state index is 0.0214. The summed E-state index contributed by atoms with van der Waals surface area (Å²) in [6.07, 6.45) is 0. The van der Waals surface area contributed by atoms with Gasteiger partial charge in [-0.3, -0.25) is 4.79 Å². The van der Waals surface area contributed by atoms with Crippen LogP contribution in [0.25, 0.3) is 10.6 Å². The van der Waals surface area contributed by atoms with E-state index in [0.717, 1.165) is 27.5 Å². The minimum atomic E-state index is 0.0214. The molecule has 1 amide bonds. The highest BCUT2D eigenvalue weighted by molar-refractivity contribution is 7.17. The molecule has 0 radical (unpaired) electrons. The first-order valence-corrected chi connectivity index (χ1v) is 9.73. The van der Waals surface area contributed by atoms with Gasteiger partial charge in [-0.2, -0.15) is 11.3 Å². The Hall–Kier alpha value is -2.18. The van der Waals surface area contributed by atoms with E-state index in [9.17, 15) is 4.79 Å². The molecular weight excluding hydrogens is 350 g/mol. The molecule has 0 saturated heterocycles. The van der Waals surface area contributed by atoms with Gasteiger partial charge < -0.3 is 9.80 Å². The highest BCUT2D eigenvalue weighted by atomic mass is 32.1.